The quantitative estimate of drug-likeness (QED) is 0.781. The smallest absolute Gasteiger partial charge is 0.319 e. The van der Waals surface area contributed by atoms with Gasteiger partial charge in [-0.3, -0.25) is 0 Å². The van der Waals surface area contributed by atoms with Gasteiger partial charge in [-0.2, -0.15) is 0 Å². The molecular formula is C14H19ClN2O2. The van der Waals surface area contributed by atoms with E-state index in [0.717, 1.165) is 36.9 Å². The van der Waals surface area contributed by atoms with Gasteiger partial charge in [0.25, 0.3) is 0 Å². The van der Waals surface area contributed by atoms with Crippen LogP contribution in [0.3, 0.4) is 0 Å². The minimum absolute atomic E-state index is 0.149. The van der Waals surface area contributed by atoms with Crippen LogP contribution in [0.1, 0.15) is 31.2 Å². The number of anilines is 1. The van der Waals surface area contributed by atoms with Gasteiger partial charge in [0, 0.05) is 16.8 Å². The van der Waals surface area contributed by atoms with Gasteiger partial charge in [0.15, 0.2) is 0 Å². The lowest BCUT2D eigenvalue weighted by molar-refractivity contribution is 0.118. The number of amides is 2. The van der Waals surface area contributed by atoms with Crippen LogP contribution in [0.5, 0.6) is 0 Å². The molecule has 0 spiro atoms. The molecular weight excluding hydrogens is 264 g/mol. The zero-order chi connectivity index (χ0) is 13.8. The number of hydrogen-bond donors (Lipinski definition) is 3. The summed E-state index contributed by atoms with van der Waals surface area (Å²) in [5.74, 6) is 0. The molecule has 19 heavy (non-hydrogen) atoms. The SMILES string of the molecule is Cc1cc(Cl)ccc1NC(=O)NC1CCC(O)CC1. The molecule has 5 heteroatoms. The number of rotatable bonds is 2. The number of urea groups is 1. The van der Waals surface area contributed by atoms with Crippen molar-refractivity contribution in [3.8, 4) is 0 Å². The van der Waals surface area contributed by atoms with E-state index in [2.05, 4.69) is 10.6 Å². The summed E-state index contributed by atoms with van der Waals surface area (Å²) in [6, 6.07) is 5.31. The Morgan fingerprint density at radius 2 is 2.00 bits per heavy atom. The van der Waals surface area contributed by atoms with Gasteiger partial charge in [-0.05, 0) is 56.4 Å². The maximum atomic E-state index is 11.9. The van der Waals surface area contributed by atoms with E-state index in [-0.39, 0.29) is 18.2 Å². The van der Waals surface area contributed by atoms with E-state index in [9.17, 15) is 9.90 Å². The minimum Gasteiger partial charge on any atom is -0.393 e. The van der Waals surface area contributed by atoms with Gasteiger partial charge in [0.05, 0.1) is 6.10 Å². The van der Waals surface area contributed by atoms with Gasteiger partial charge in [0.2, 0.25) is 0 Å². The molecule has 0 aromatic heterocycles. The first-order valence-electron chi connectivity index (χ1n) is 6.56. The van der Waals surface area contributed by atoms with Crippen LogP contribution in [-0.2, 0) is 0 Å². The van der Waals surface area contributed by atoms with E-state index in [1.807, 2.05) is 13.0 Å². The van der Waals surface area contributed by atoms with Crippen molar-refractivity contribution in [3.05, 3.63) is 28.8 Å². The van der Waals surface area contributed by atoms with Gasteiger partial charge in [0.1, 0.15) is 0 Å². The molecule has 2 rings (SSSR count). The van der Waals surface area contributed by atoms with Crippen molar-refractivity contribution in [1.29, 1.82) is 0 Å². The molecule has 2 amide bonds. The Morgan fingerprint density at radius 1 is 1.32 bits per heavy atom. The number of aliphatic hydroxyl groups excluding tert-OH is 1. The van der Waals surface area contributed by atoms with E-state index >= 15 is 0 Å². The van der Waals surface area contributed by atoms with Gasteiger partial charge >= 0.3 is 6.03 Å². The number of carbonyl (C=O) groups excluding carboxylic acids is 1. The Labute approximate surface area is 118 Å². The Hall–Kier alpha value is -1.26. The number of aliphatic hydroxyl groups is 1. The molecule has 0 atom stereocenters. The molecule has 0 aliphatic heterocycles. The van der Waals surface area contributed by atoms with E-state index in [0.29, 0.717) is 5.02 Å². The van der Waals surface area contributed by atoms with Crippen molar-refractivity contribution in [3.63, 3.8) is 0 Å². The monoisotopic (exact) mass is 282 g/mol. The highest BCUT2D eigenvalue weighted by atomic mass is 35.5. The summed E-state index contributed by atoms with van der Waals surface area (Å²) in [6.45, 7) is 1.90. The maximum absolute atomic E-state index is 11.9. The third-order valence-corrected chi connectivity index (χ3v) is 3.70. The molecule has 0 saturated heterocycles. The van der Waals surface area contributed by atoms with Crippen LogP contribution in [0.15, 0.2) is 18.2 Å². The number of benzene rings is 1. The number of aryl methyl sites for hydroxylation is 1. The fourth-order valence-electron chi connectivity index (χ4n) is 2.33. The first-order valence-corrected chi connectivity index (χ1v) is 6.94. The molecule has 1 aromatic rings. The zero-order valence-electron chi connectivity index (χ0n) is 10.9. The van der Waals surface area contributed by atoms with Crippen molar-refractivity contribution < 1.29 is 9.90 Å². The van der Waals surface area contributed by atoms with Crippen LogP contribution in [0.4, 0.5) is 10.5 Å². The molecule has 1 saturated carbocycles. The van der Waals surface area contributed by atoms with Gasteiger partial charge in [-0.15, -0.1) is 0 Å². The second kappa shape index (κ2) is 6.26. The van der Waals surface area contributed by atoms with Crippen LogP contribution in [0, 0.1) is 6.92 Å². The Morgan fingerprint density at radius 3 is 2.63 bits per heavy atom. The lowest BCUT2D eigenvalue weighted by Crippen LogP contribution is -2.41. The second-order valence-electron chi connectivity index (χ2n) is 5.06. The highest BCUT2D eigenvalue weighted by Gasteiger charge is 2.20. The standard InChI is InChI=1S/C14H19ClN2O2/c1-9-8-10(15)2-7-13(9)17-14(19)16-11-3-5-12(18)6-4-11/h2,7-8,11-12,18H,3-6H2,1H3,(H2,16,17,19). The lowest BCUT2D eigenvalue weighted by Gasteiger charge is -2.26. The number of halogens is 1. The third-order valence-electron chi connectivity index (χ3n) is 3.47. The summed E-state index contributed by atoms with van der Waals surface area (Å²) in [5, 5.41) is 15.8. The topological polar surface area (TPSA) is 61.4 Å². The molecule has 1 aliphatic carbocycles. The van der Waals surface area contributed by atoms with Crippen molar-refractivity contribution in [2.24, 2.45) is 0 Å². The van der Waals surface area contributed by atoms with E-state index in [1.165, 1.54) is 0 Å². The van der Waals surface area contributed by atoms with E-state index in [4.69, 9.17) is 11.6 Å². The van der Waals surface area contributed by atoms with Crippen LogP contribution in [0.2, 0.25) is 5.02 Å². The first kappa shape index (κ1) is 14.2. The number of carbonyl (C=O) groups is 1. The van der Waals surface area contributed by atoms with Gasteiger partial charge in [-0.1, -0.05) is 11.6 Å². The zero-order valence-corrected chi connectivity index (χ0v) is 11.7. The highest BCUT2D eigenvalue weighted by molar-refractivity contribution is 6.30. The maximum Gasteiger partial charge on any atom is 0.319 e. The van der Waals surface area contributed by atoms with Crippen molar-refractivity contribution in [1.82, 2.24) is 5.32 Å². The molecule has 1 aromatic carbocycles. The van der Waals surface area contributed by atoms with E-state index < -0.39 is 0 Å². The molecule has 0 bridgehead atoms. The minimum atomic E-state index is -0.209. The third kappa shape index (κ3) is 4.11. The lowest BCUT2D eigenvalue weighted by atomic mass is 9.93. The second-order valence-corrected chi connectivity index (χ2v) is 5.50. The van der Waals surface area contributed by atoms with Crippen molar-refractivity contribution in [2.75, 3.05) is 5.32 Å². The molecule has 0 radical (unpaired) electrons. The number of hydrogen-bond acceptors (Lipinski definition) is 2. The molecule has 4 nitrogen and oxygen atoms in total. The predicted molar refractivity (Wildman–Crippen MR) is 76.6 cm³/mol. The molecule has 0 heterocycles. The molecule has 0 unspecified atom stereocenters. The first-order chi connectivity index (χ1) is 9.04. The fourth-order valence-corrected chi connectivity index (χ4v) is 2.56. The Balaban J connectivity index is 1.87. The normalized spacial score (nSPS) is 22.9. The molecule has 104 valence electrons. The summed E-state index contributed by atoms with van der Waals surface area (Å²) < 4.78 is 0. The van der Waals surface area contributed by atoms with Crippen molar-refractivity contribution in [2.45, 2.75) is 44.8 Å². The number of nitrogens with one attached hydrogen (secondary N) is 2. The molecule has 3 N–H and O–H groups in total. The predicted octanol–water partition coefficient (Wildman–Crippen LogP) is 3.07. The van der Waals surface area contributed by atoms with Crippen LogP contribution in [0.25, 0.3) is 0 Å². The largest absolute Gasteiger partial charge is 0.393 e. The fraction of sp³-hybridized carbons (Fsp3) is 0.500. The Bertz CT molecular complexity index is 457. The van der Waals surface area contributed by atoms with Crippen molar-refractivity contribution >= 4 is 23.3 Å². The average Bonchev–Trinajstić information content (AvgIpc) is 2.36. The van der Waals surface area contributed by atoms with E-state index in [1.54, 1.807) is 12.1 Å². The van der Waals surface area contributed by atoms with Crippen LogP contribution in [-0.4, -0.2) is 23.3 Å². The van der Waals surface area contributed by atoms with Gasteiger partial charge < -0.3 is 15.7 Å². The molecule has 1 fully saturated rings. The summed E-state index contributed by atoms with van der Waals surface area (Å²) >= 11 is 5.87. The van der Waals surface area contributed by atoms with Gasteiger partial charge in [-0.25, -0.2) is 4.79 Å². The van der Waals surface area contributed by atoms with Crippen LogP contribution >= 0.6 is 11.6 Å². The van der Waals surface area contributed by atoms with Crippen LogP contribution < -0.4 is 10.6 Å². The average molecular weight is 283 g/mol. The Kier molecular flexibility index (Phi) is 4.66. The highest BCUT2D eigenvalue weighted by Crippen LogP contribution is 2.21. The summed E-state index contributed by atoms with van der Waals surface area (Å²) in [5.41, 5.74) is 1.69. The molecule has 1 aliphatic rings. The summed E-state index contributed by atoms with van der Waals surface area (Å²) in [4.78, 5) is 11.9. The summed E-state index contributed by atoms with van der Waals surface area (Å²) in [7, 11) is 0. The summed E-state index contributed by atoms with van der Waals surface area (Å²) in [6.07, 6.45) is 2.96.